The summed E-state index contributed by atoms with van der Waals surface area (Å²) in [6, 6.07) is 7.79. The molecule has 1 aromatic carbocycles. The molecule has 5 nitrogen and oxygen atoms in total. The van der Waals surface area contributed by atoms with Crippen LogP contribution in [0.4, 0.5) is 0 Å². The second-order valence-corrected chi connectivity index (χ2v) is 4.78. The van der Waals surface area contributed by atoms with Crippen LogP contribution in [0.5, 0.6) is 0 Å². The summed E-state index contributed by atoms with van der Waals surface area (Å²) >= 11 is 0. The molecule has 0 saturated carbocycles. The Labute approximate surface area is 87.1 Å². The molecule has 15 heavy (non-hydrogen) atoms. The molecule has 0 aliphatic carbocycles. The van der Waals surface area contributed by atoms with Crippen LogP contribution in [0.3, 0.4) is 0 Å². The van der Waals surface area contributed by atoms with Crippen LogP contribution in [0.15, 0.2) is 40.2 Å². The zero-order valence-electron chi connectivity index (χ0n) is 7.70. The Hall–Kier alpha value is -1.69. The van der Waals surface area contributed by atoms with Crippen molar-refractivity contribution in [3.05, 3.63) is 30.3 Å². The monoisotopic (exact) mass is 224 g/mol. The van der Waals surface area contributed by atoms with Crippen LogP contribution in [-0.4, -0.2) is 31.5 Å². The number of amides is 1. The summed E-state index contributed by atoms with van der Waals surface area (Å²) in [5.74, 6) is -0.529. The number of rotatable bonds is 2. The first kappa shape index (κ1) is 9.85. The predicted octanol–water partition coefficient (Wildman–Crippen LogP) is 0.246. The first-order valence-electron chi connectivity index (χ1n) is 4.24. The van der Waals surface area contributed by atoms with Crippen LogP contribution in [0.2, 0.25) is 0 Å². The van der Waals surface area contributed by atoms with Crippen molar-refractivity contribution in [2.24, 2.45) is 4.99 Å². The van der Waals surface area contributed by atoms with E-state index in [2.05, 4.69) is 4.99 Å². The van der Waals surface area contributed by atoms with E-state index in [0.29, 0.717) is 4.31 Å². The summed E-state index contributed by atoms with van der Waals surface area (Å²) in [5.41, 5.74) is 0. The van der Waals surface area contributed by atoms with Gasteiger partial charge in [0, 0.05) is 0 Å². The molecule has 0 bridgehead atoms. The second-order valence-electron chi connectivity index (χ2n) is 2.96. The SMILES string of the molecule is O=C1CN=CN1S(=O)(=O)c1ccccc1. The summed E-state index contributed by atoms with van der Waals surface area (Å²) < 4.78 is 24.4. The summed E-state index contributed by atoms with van der Waals surface area (Å²) in [4.78, 5) is 14.9. The van der Waals surface area contributed by atoms with Gasteiger partial charge in [0.25, 0.3) is 15.9 Å². The summed E-state index contributed by atoms with van der Waals surface area (Å²) in [6.45, 7) is -0.105. The van der Waals surface area contributed by atoms with Crippen LogP contribution < -0.4 is 0 Å². The van der Waals surface area contributed by atoms with Gasteiger partial charge in [-0.1, -0.05) is 18.2 Å². The lowest BCUT2D eigenvalue weighted by Crippen LogP contribution is -2.32. The Kier molecular flexibility index (Phi) is 2.28. The van der Waals surface area contributed by atoms with Gasteiger partial charge in [0.2, 0.25) is 0 Å². The van der Waals surface area contributed by atoms with E-state index in [9.17, 15) is 13.2 Å². The lowest BCUT2D eigenvalue weighted by atomic mass is 10.4. The predicted molar refractivity (Wildman–Crippen MR) is 53.8 cm³/mol. The number of hydrogen-bond donors (Lipinski definition) is 0. The average molecular weight is 224 g/mol. The fraction of sp³-hybridized carbons (Fsp3) is 0.111. The molecule has 1 amide bonds. The van der Waals surface area contributed by atoms with E-state index < -0.39 is 15.9 Å². The topological polar surface area (TPSA) is 66.8 Å². The van der Waals surface area contributed by atoms with Crippen LogP contribution in [0.1, 0.15) is 0 Å². The Balaban J connectivity index is 2.44. The van der Waals surface area contributed by atoms with Crippen molar-refractivity contribution in [3.63, 3.8) is 0 Å². The van der Waals surface area contributed by atoms with Gasteiger partial charge in [0.15, 0.2) is 0 Å². The zero-order valence-corrected chi connectivity index (χ0v) is 8.52. The minimum atomic E-state index is -3.75. The lowest BCUT2D eigenvalue weighted by Gasteiger charge is -2.12. The van der Waals surface area contributed by atoms with Crippen molar-refractivity contribution in [1.29, 1.82) is 0 Å². The third-order valence-electron chi connectivity index (χ3n) is 1.96. The smallest absolute Gasteiger partial charge is 0.271 e. The quantitative estimate of drug-likeness (QED) is 0.723. The molecule has 1 aliphatic heterocycles. The van der Waals surface area contributed by atoms with Crippen molar-refractivity contribution in [1.82, 2.24) is 4.31 Å². The van der Waals surface area contributed by atoms with E-state index >= 15 is 0 Å². The number of hydrogen-bond acceptors (Lipinski definition) is 4. The number of carbonyl (C=O) groups is 1. The molecule has 0 saturated heterocycles. The summed E-state index contributed by atoms with van der Waals surface area (Å²) in [7, 11) is -3.75. The molecule has 78 valence electrons. The van der Waals surface area contributed by atoms with E-state index in [1.54, 1.807) is 18.2 Å². The maximum absolute atomic E-state index is 11.9. The molecule has 0 fully saturated rings. The Morgan fingerprint density at radius 2 is 1.87 bits per heavy atom. The molecule has 0 N–H and O–H groups in total. The van der Waals surface area contributed by atoms with E-state index in [4.69, 9.17) is 0 Å². The second kappa shape index (κ2) is 3.47. The highest BCUT2D eigenvalue weighted by molar-refractivity contribution is 7.90. The molecule has 0 spiro atoms. The van der Waals surface area contributed by atoms with Crippen molar-refractivity contribution in [3.8, 4) is 0 Å². The van der Waals surface area contributed by atoms with Crippen molar-refractivity contribution in [2.45, 2.75) is 4.90 Å². The maximum atomic E-state index is 11.9. The molecule has 0 atom stereocenters. The molecular weight excluding hydrogens is 216 g/mol. The first-order chi connectivity index (χ1) is 7.12. The molecule has 1 aliphatic rings. The van der Waals surface area contributed by atoms with Gasteiger partial charge < -0.3 is 0 Å². The third kappa shape index (κ3) is 1.63. The van der Waals surface area contributed by atoms with Crippen LogP contribution in [-0.2, 0) is 14.8 Å². The van der Waals surface area contributed by atoms with Crippen LogP contribution in [0, 0.1) is 0 Å². The largest absolute Gasteiger partial charge is 0.271 e. The fourth-order valence-corrected chi connectivity index (χ4v) is 2.47. The number of carbonyl (C=O) groups excluding carboxylic acids is 1. The Morgan fingerprint density at radius 3 is 2.40 bits per heavy atom. The number of nitrogens with zero attached hydrogens (tertiary/aromatic N) is 2. The maximum Gasteiger partial charge on any atom is 0.271 e. The molecule has 0 unspecified atom stereocenters. The van der Waals surface area contributed by atoms with Gasteiger partial charge in [-0.05, 0) is 12.1 Å². The van der Waals surface area contributed by atoms with Gasteiger partial charge in [-0.25, -0.2) is 8.42 Å². The van der Waals surface area contributed by atoms with E-state index in [0.717, 1.165) is 6.34 Å². The van der Waals surface area contributed by atoms with Crippen molar-refractivity contribution in [2.75, 3.05) is 6.54 Å². The number of benzene rings is 1. The fourth-order valence-electron chi connectivity index (χ4n) is 1.23. The van der Waals surface area contributed by atoms with Gasteiger partial charge >= 0.3 is 0 Å². The van der Waals surface area contributed by atoms with E-state index in [1.165, 1.54) is 12.1 Å². The highest BCUT2D eigenvalue weighted by Crippen LogP contribution is 2.15. The minimum absolute atomic E-state index is 0.0895. The minimum Gasteiger partial charge on any atom is -0.271 e. The Bertz CT molecular complexity index is 507. The highest BCUT2D eigenvalue weighted by Gasteiger charge is 2.30. The van der Waals surface area contributed by atoms with Gasteiger partial charge in [-0.3, -0.25) is 9.79 Å². The highest BCUT2D eigenvalue weighted by atomic mass is 32.2. The van der Waals surface area contributed by atoms with E-state index in [1.807, 2.05) is 0 Å². The standard InChI is InChI=1S/C9H8N2O3S/c12-9-6-10-7-11(9)15(13,14)8-4-2-1-3-5-8/h1-5,7H,6H2. The van der Waals surface area contributed by atoms with Gasteiger partial charge in [-0.15, -0.1) is 0 Å². The summed E-state index contributed by atoms with van der Waals surface area (Å²) in [5, 5.41) is 0. The molecule has 2 rings (SSSR count). The first-order valence-corrected chi connectivity index (χ1v) is 5.68. The van der Waals surface area contributed by atoms with Crippen LogP contribution >= 0.6 is 0 Å². The van der Waals surface area contributed by atoms with Crippen molar-refractivity contribution >= 4 is 22.3 Å². The molecule has 0 radical (unpaired) electrons. The third-order valence-corrected chi connectivity index (χ3v) is 3.64. The van der Waals surface area contributed by atoms with Gasteiger partial charge in [0.1, 0.15) is 12.9 Å². The number of sulfonamides is 1. The van der Waals surface area contributed by atoms with Gasteiger partial charge in [-0.2, -0.15) is 4.31 Å². The molecule has 6 heteroatoms. The molecular formula is C9H8N2O3S. The number of aliphatic imine (C=N–C) groups is 1. The lowest BCUT2D eigenvalue weighted by molar-refractivity contribution is -0.121. The molecule has 1 aromatic rings. The van der Waals surface area contributed by atoms with Crippen molar-refractivity contribution < 1.29 is 13.2 Å². The average Bonchev–Trinajstić information content (AvgIpc) is 2.66. The zero-order chi connectivity index (χ0) is 10.9. The molecule has 0 aromatic heterocycles. The van der Waals surface area contributed by atoms with Gasteiger partial charge in [0.05, 0.1) is 4.90 Å². The van der Waals surface area contributed by atoms with Crippen LogP contribution in [0.25, 0.3) is 0 Å². The van der Waals surface area contributed by atoms with E-state index in [-0.39, 0.29) is 11.4 Å². The summed E-state index contributed by atoms with van der Waals surface area (Å²) in [6.07, 6.45) is 1.05. The molecule has 1 heterocycles. The normalized spacial score (nSPS) is 16.0. The Morgan fingerprint density at radius 1 is 1.20 bits per heavy atom.